The molecule has 6 nitrogen and oxygen atoms in total. The maximum Gasteiger partial charge on any atom is 0.490 e. The molecule has 0 bridgehead atoms. The lowest BCUT2D eigenvalue weighted by atomic mass is 9.80. The molecular formula is C22H20BNO5S. The van der Waals surface area contributed by atoms with Crippen LogP contribution in [-0.2, 0) is 16.6 Å². The summed E-state index contributed by atoms with van der Waals surface area (Å²) in [6, 6.07) is 21.0. The van der Waals surface area contributed by atoms with Crippen molar-refractivity contribution in [3.05, 3.63) is 90.1 Å². The summed E-state index contributed by atoms with van der Waals surface area (Å²) in [7, 11) is -5.74. The van der Waals surface area contributed by atoms with Crippen molar-refractivity contribution in [2.75, 3.05) is 0 Å². The molecule has 0 amide bonds. The molecule has 0 saturated heterocycles. The first kappa shape index (κ1) is 20.2. The van der Waals surface area contributed by atoms with E-state index in [1.165, 1.54) is 18.3 Å². The zero-order valence-corrected chi connectivity index (χ0v) is 17.1. The summed E-state index contributed by atoms with van der Waals surface area (Å²) in [6.45, 7) is 2.21. The second-order valence-electron chi connectivity index (χ2n) is 7.03. The third-order valence-corrected chi connectivity index (χ3v) is 6.56. The van der Waals surface area contributed by atoms with Gasteiger partial charge in [0.25, 0.3) is 10.0 Å². The molecule has 4 aromatic rings. The molecule has 3 aromatic carbocycles. The maximum atomic E-state index is 13.2. The van der Waals surface area contributed by atoms with Crippen LogP contribution in [0.15, 0.2) is 83.9 Å². The van der Waals surface area contributed by atoms with Crippen LogP contribution in [0.5, 0.6) is 5.75 Å². The Morgan fingerprint density at radius 2 is 1.67 bits per heavy atom. The van der Waals surface area contributed by atoms with Crippen LogP contribution in [0.1, 0.15) is 11.1 Å². The number of aromatic nitrogens is 1. The number of hydrogen-bond acceptors (Lipinski definition) is 5. The second kappa shape index (κ2) is 7.99. The fourth-order valence-corrected chi connectivity index (χ4v) is 4.64. The molecule has 30 heavy (non-hydrogen) atoms. The van der Waals surface area contributed by atoms with E-state index < -0.39 is 17.1 Å². The summed E-state index contributed by atoms with van der Waals surface area (Å²) in [6.07, 6.45) is 1.24. The zero-order chi connectivity index (χ0) is 21.3. The average molecular weight is 421 g/mol. The van der Waals surface area contributed by atoms with Crippen LogP contribution in [0.4, 0.5) is 0 Å². The van der Waals surface area contributed by atoms with Crippen molar-refractivity contribution >= 4 is 33.5 Å². The molecule has 0 radical (unpaired) electrons. The first-order valence-corrected chi connectivity index (χ1v) is 10.8. The van der Waals surface area contributed by atoms with Gasteiger partial charge in [-0.1, -0.05) is 48.0 Å². The van der Waals surface area contributed by atoms with Crippen molar-refractivity contribution in [2.24, 2.45) is 0 Å². The van der Waals surface area contributed by atoms with Crippen LogP contribution >= 0.6 is 0 Å². The molecule has 1 aromatic heterocycles. The molecule has 0 saturated carbocycles. The van der Waals surface area contributed by atoms with E-state index in [0.717, 1.165) is 15.1 Å². The molecule has 0 aliphatic carbocycles. The Hall–Kier alpha value is -3.07. The Morgan fingerprint density at radius 1 is 0.967 bits per heavy atom. The number of hydrogen-bond donors (Lipinski definition) is 2. The molecule has 0 aliphatic rings. The van der Waals surface area contributed by atoms with E-state index in [1.54, 1.807) is 30.3 Å². The van der Waals surface area contributed by atoms with E-state index in [4.69, 9.17) is 4.74 Å². The summed E-state index contributed by atoms with van der Waals surface area (Å²) in [5.41, 5.74) is 2.36. The molecule has 4 rings (SSSR count). The fraction of sp³-hybridized carbons (Fsp3) is 0.0909. The summed E-state index contributed by atoms with van der Waals surface area (Å²) in [4.78, 5) is 0.119. The highest BCUT2D eigenvalue weighted by molar-refractivity contribution is 7.90. The predicted molar refractivity (Wildman–Crippen MR) is 116 cm³/mol. The molecule has 1 heterocycles. The van der Waals surface area contributed by atoms with E-state index in [2.05, 4.69) is 0 Å². The summed E-state index contributed by atoms with van der Waals surface area (Å²) in [5, 5.41) is 20.0. The van der Waals surface area contributed by atoms with E-state index in [1.807, 2.05) is 37.3 Å². The summed E-state index contributed by atoms with van der Waals surface area (Å²) >= 11 is 0. The smallest absolute Gasteiger partial charge is 0.489 e. The summed E-state index contributed by atoms with van der Waals surface area (Å²) in [5.74, 6) is 0.499. The van der Waals surface area contributed by atoms with E-state index in [9.17, 15) is 18.5 Å². The number of benzene rings is 3. The van der Waals surface area contributed by atoms with Gasteiger partial charge in [0, 0.05) is 17.0 Å². The Labute approximate surface area is 175 Å². The maximum absolute atomic E-state index is 13.2. The monoisotopic (exact) mass is 421 g/mol. The van der Waals surface area contributed by atoms with Gasteiger partial charge < -0.3 is 14.8 Å². The minimum absolute atomic E-state index is 0.0887. The normalized spacial score (nSPS) is 11.6. The minimum atomic E-state index is -3.91. The van der Waals surface area contributed by atoms with Crippen LogP contribution in [0.2, 0.25) is 0 Å². The highest BCUT2D eigenvalue weighted by Gasteiger charge is 2.25. The first-order valence-electron chi connectivity index (χ1n) is 9.36. The van der Waals surface area contributed by atoms with Gasteiger partial charge in [-0.25, -0.2) is 12.4 Å². The lowest BCUT2D eigenvalue weighted by Gasteiger charge is -2.09. The molecule has 0 fully saturated rings. The van der Waals surface area contributed by atoms with Crippen molar-refractivity contribution in [2.45, 2.75) is 18.4 Å². The second-order valence-corrected chi connectivity index (χ2v) is 8.84. The van der Waals surface area contributed by atoms with E-state index >= 15 is 0 Å². The Morgan fingerprint density at radius 3 is 2.33 bits per heavy atom. The van der Waals surface area contributed by atoms with Crippen molar-refractivity contribution in [1.82, 2.24) is 3.97 Å². The predicted octanol–water partition coefficient (Wildman–Crippen LogP) is 2.45. The number of ether oxygens (including phenoxy) is 1. The SMILES string of the molecule is Cc1ccc(S(=O)(=O)n2cc(B(O)O)c3cc(OCc4ccccc4)ccc32)cc1. The van der Waals surface area contributed by atoms with Crippen LogP contribution < -0.4 is 10.2 Å². The van der Waals surface area contributed by atoms with Gasteiger partial charge in [-0.2, -0.15) is 0 Å². The topological polar surface area (TPSA) is 88.8 Å². The van der Waals surface area contributed by atoms with Gasteiger partial charge in [0.1, 0.15) is 12.4 Å². The highest BCUT2D eigenvalue weighted by Crippen LogP contribution is 2.25. The third-order valence-electron chi connectivity index (χ3n) is 4.88. The molecule has 2 N–H and O–H groups in total. The molecule has 0 unspecified atom stereocenters. The Balaban J connectivity index is 1.76. The summed E-state index contributed by atoms with van der Waals surface area (Å²) < 4.78 is 33.2. The van der Waals surface area contributed by atoms with Crippen LogP contribution in [0, 0.1) is 6.92 Å². The van der Waals surface area contributed by atoms with Crippen LogP contribution in [0.3, 0.4) is 0 Å². The Kier molecular flexibility index (Phi) is 5.38. The third kappa shape index (κ3) is 3.85. The molecular weight excluding hydrogens is 401 g/mol. The van der Waals surface area contributed by atoms with Gasteiger partial charge in [0.2, 0.25) is 0 Å². The molecule has 152 valence electrons. The van der Waals surface area contributed by atoms with Crippen LogP contribution in [-0.4, -0.2) is 29.6 Å². The van der Waals surface area contributed by atoms with Gasteiger partial charge in [0.05, 0.1) is 10.4 Å². The number of nitrogens with zero attached hydrogens (tertiary/aromatic N) is 1. The molecule has 0 aliphatic heterocycles. The standard InChI is InChI=1S/C22H20BNO5S/c1-16-7-10-19(11-8-16)30(27,28)24-14-21(23(25)26)20-13-18(9-12-22(20)24)29-15-17-5-3-2-4-6-17/h2-14,25-26H,15H2,1H3. The van der Waals surface area contributed by atoms with Gasteiger partial charge >= 0.3 is 7.12 Å². The van der Waals surface area contributed by atoms with Gasteiger partial charge in [-0.15, -0.1) is 0 Å². The van der Waals surface area contributed by atoms with Crippen molar-refractivity contribution in [3.63, 3.8) is 0 Å². The van der Waals surface area contributed by atoms with E-state index in [-0.39, 0.29) is 10.4 Å². The minimum Gasteiger partial charge on any atom is -0.489 e. The van der Waals surface area contributed by atoms with Gasteiger partial charge in [-0.05, 0) is 42.8 Å². The molecule has 0 spiro atoms. The highest BCUT2D eigenvalue weighted by atomic mass is 32.2. The number of fused-ring (bicyclic) bond motifs is 1. The quantitative estimate of drug-likeness (QED) is 0.467. The number of aryl methyl sites for hydroxylation is 1. The largest absolute Gasteiger partial charge is 0.490 e. The first-order chi connectivity index (χ1) is 14.4. The van der Waals surface area contributed by atoms with Crippen molar-refractivity contribution in [1.29, 1.82) is 0 Å². The van der Waals surface area contributed by atoms with Crippen molar-refractivity contribution < 1.29 is 23.2 Å². The lowest BCUT2D eigenvalue weighted by molar-refractivity contribution is 0.306. The molecule has 8 heteroatoms. The van der Waals surface area contributed by atoms with Gasteiger partial charge in [0.15, 0.2) is 0 Å². The Bertz CT molecular complexity index is 1280. The lowest BCUT2D eigenvalue weighted by Crippen LogP contribution is -2.29. The average Bonchev–Trinajstić information content (AvgIpc) is 3.13. The molecule has 0 atom stereocenters. The fourth-order valence-electron chi connectivity index (χ4n) is 3.26. The van der Waals surface area contributed by atoms with Gasteiger partial charge in [-0.3, -0.25) is 0 Å². The van der Waals surface area contributed by atoms with Crippen molar-refractivity contribution in [3.8, 4) is 5.75 Å². The zero-order valence-electron chi connectivity index (χ0n) is 16.3. The number of rotatable bonds is 6. The van der Waals surface area contributed by atoms with Crippen LogP contribution in [0.25, 0.3) is 10.9 Å². The van der Waals surface area contributed by atoms with E-state index in [0.29, 0.717) is 23.3 Å².